The molecule has 0 heterocycles. The van der Waals surface area contributed by atoms with Gasteiger partial charge in [-0.05, 0) is 85.5 Å². The van der Waals surface area contributed by atoms with Gasteiger partial charge in [-0.2, -0.15) is 0 Å². The third-order valence-electron chi connectivity index (χ3n) is 4.70. The second-order valence-corrected chi connectivity index (χ2v) is 7.15. The molecule has 3 nitrogen and oxygen atoms in total. The molecule has 150 valence electrons. The molecule has 0 saturated heterocycles. The zero-order valence-electron chi connectivity index (χ0n) is 17.1. The van der Waals surface area contributed by atoms with Crippen molar-refractivity contribution < 1.29 is 19.0 Å². The molecule has 0 aliphatic heterocycles. The Morgan fingerprint density at radius 1 is 0.931 bits per heavy atom. The molecule has 1 N–H and O–H groups in total. The van der Waals surface area contributed by atoms with Crippen LogP contribution in [0.25, 0.3) is 22.3 Å². The number of benzene rings is 3. The van der Waals surface area contributed by atoms with Crippen molar-refractivity contribution in [3.63, 3.8) is 0 Å². The average molecular weight is 392 g/mol. The molecule has 4 heteroatoms. The van der Waals surface area contributed by atoms with Gasteiger partial charge < -0.3 is 14.6 Å². The molecule has 0 fully saturated rings. The summed E-state index contributed by atoms with van der Waals surface area (Å²) >= 11 is 0. The van der Waals surface area contributed by atoms with Crippen LogP contribution in [0.1, 0.15) is 19.4 Å². The lowest BCUT2D eigenvalue weighted by Crippen LogP contribution is -1.97. The average Bonchev–Trinajstić information content (AvgIpc) is 2.69. The molecule has 0 unspecified atom stereocenters. The maximum absolute atomic E-state index is 14.6. The van der Waals surface area contributed by atoms with Crippen LogP contribution in [0.4, 0.5) is 4.39 Å². The van der Waals surface area contributed by atoms with Gasteiger partial charge in [0.25, 0.3) is 0 Å². The van der Waals surface area contributed by atoms with E-state index in [-0.39, 0.29) is 11.5 Å². The van der Waals surface area contributed by atoms with Crippen LogP contribution in [-0.2, 0) is 0 Å². The largest absolute Gasteiger partial charge is 0.508 e. The number of hydrogen-bond acceptors (Lipinski definition) is 3. The normalized spacial score (nSPS) is 10.5. The van der Waals surface area contributed by atoms with E-state index in [9.17, 15) is 9.50 Å². The molecule has 0 radical (unpaired) electrons. The van der Waals surface area contributed by atoms with E-state index in [4.69, 9.17) is 9.47 Å². The summed E-state index contributed by atoms with van der Waals surface area (Å²) < 4.78 is 25.7. The number of aryl methyl sites for hydroxylation is 1. The highest BCUT2D eigenvalue weighted by Gasteiger charge is 2.14. The van der Waals surface area contributed by atoms with E-state index in [0.717, 1.165) is 27.8 Å². The number of aromatic hydroxyl groups is 1. The lowest BCUT2D eigenvalue weighted by Gasteiger charge is -2.15. The van der Waals surface area contributed by atoms with Gasteiger partial charge >= 0.3 is 0 Å². The lowest BCUT2D eigenvalue weighted by molar-refractivity contribution is 0.341. The standard InChI is InChI=1S/C25H25FO3/c1-16(2)11-12-29-24-10-7-19(14-23(24)26)22-13-17(3)21(15-25(22)28-4)18-5-8-20(27)9-6-18/h5-11,13-15,27H,12H2,1-4H3. The first-order chi connectivity index (χ1) is 13.9. The van der Waals surface area contributed by atoms with Crippen molar-refractivity contribution in [1.82, 2.24) is 0 Å². The summed E-state index contributed by atoms with van der Waals surface area (Å²) in [5, 5.41) is 9.52. The highest BCUT2D eigenvalue weighted by Crippen LogP contribution is 2.38. The minimum Gasteiger partial charge on any atom is -0.508 e. The van der Waals surface area contributed by atoms with Crippen LogP contribution in [0.15, 0.2) is 66.2 Å². The number of methoxy groups -OCH3 is 1. The number of phenolic OH excluding ortho intramolecular Hbond substituents is 1. The highest BCUT2D eigenvalue weighted by atomic mass is 19.1. The summed E-state index contributed by atoms with van der Waals surface area (Å²) in [5.74, 6) is 0.684. The van der Waals surface area contributed by atoms with Crippen LogP contribution in [-0.4, -0.2) is 18.8 Å². The molecule has 0 amide bonds. The van der Waals surface area contributed by atoms with Crippen molar-refractivity contribution in [2.45, 2.75) is 20.8 Å². The van der Waals surface area contributed by atoms with Crippen LogP contribution in [0.3, 0.4) is 0 Å². The molecule has 0 aromatic heterocycles. The smallest absolute Gasteiger partial charge is 0.165 e. The third-order valence-corrected chi connectivity index (χ3v) is 4.70. The molecular formula is C25H25FO3. The summed E-state index contributed by atoms with van der Waals surface area (Å²) in [6.45, 7) is 6.28. The van der Waals surface area contributed by atoms with E-state index in [1.54, 1.807) is 25.3 Å². The second kappa shape index (κ2) is 8.82. The Kier molecular flexibility index (Phi) is 6.23. The Bertz CT molecular complexity index is 1030. The van der Waals surface area contributed by atoms with Gasteiger partial charge in [0.1, 0.15) is 18.1 Å². The monoisotopic (exact) mass is 392 g/mol. The number of rotatable bonds is 6. The van der Waals surface area contributed by atoms with Crippen LogP contribution in [0.2, 0.25) is 0 Å². The zero-order chi connectivity index (χ0) is 21.0. The Morgan fingerprint density at radius 2 is 1.62 bits per heavy atom. The SMILES string of the molecule is COc1cc(-c2ccc(O)cc2)c(C)cc1-c1ccc(OCC=C(C)C)c(F)c1. The van der Waals surface area contributed by atoms with Gasteiger partial charge in [-0.1, -0.05) is 23.8 Å². The van der Waals surface area contributed by atoms with E-state index in [1.807, 2.05) is 57.2 Å². The van der Waals surface area contributed by atoms with Crippen LogP contribution in [0.5, 0.6) is 17.2 Å². The number of hydrogen-bond donors (Lipinski definition) is 1. The molecular weight excluding hydrogens is 367 g/mol. The maximum Gasteiger partial charge on any atom is 0.165 e. The Morgan fingerprint density at radius 3 is 2.24 bits per heavy atom. The molecule has 3 rings (SSSR count). The molecule has 0 spiro atoms. The van der Waals surface area contributed by atoms with Crippen molar-refractivity contribution in [2.24, 2.45) is 0 Å². The summed E-state index contributed by atoms with van der Waals surface area (Å²) in [6, 6.07) is 15.9. The molecule has 0 aliphatic rings. The van der Waals surface area contributed by atoms with Crippen LogP contribution >= 0.6 is 0 Å². The van der Waals surface area contributed by atoms with Gasteiger partial charge in [-0.25, -0.2) is 4.39 Å². The van der Waals surface area contributed by atoms with Gasteiger partial charge in [0, 0.05) is 5.56 Å². The number of allylic oxidation sites excluding steroid dienone is 1. The van der Waals surface area contributed by atoms with Crippen molar-refractivity contribution in [3.05, 3.63) is 77.6 Å². The van der Waals surface area contributed by atoms with E-state index < -0.39 is 5.82 Å². The fourth-order valence-corrected chi connectivity index (χ4v) is 3.12. The molecule has 0 saturated carbocycles. The summed E-state index contributed by atoms with van der Waals surface area (Å²) in [6.07, 6.45) is 1.90. The van der Waals surface area contributed by atoms with E-state index in [1.165, 1.54) is 6.07 Å². The third kappa shape index (κ3) is 4.77. The van der Waals surface area contributed by atoms with Gasteiger partial charge in [-0.3, -0.25) is 0 Å². The fourth-order valence-electron chi connectivity index (χ4n) is 3.12. The lowest BCUT2D eigenvalue weighted by atomic mass is 9.94. The summed E-state index contributed by atoms with van der Waals surface area (Å²) in [5.41, 5.74) is 5.63. The van der Waals surface area contributed by atoms with Crippen molar-refractivity contribution in [3.8, 4) is 39.5 Å². The Labute approximate surface area is 171 Å². The Hall–Kier alpha value is -3.27. The topological polar surface area (TPSA) is 38.7 Å². The summed E-state index contributed by atoms with van der Waals surface area (Å²) in [7, 11) is 1.60. The quantitative estimate of drug-likeness (QED) is 0.485. The maximum atomic E-state index is 14.6. The fraction of sp³-hybridized carbons (Fsp3) is 0.200. The first kappa shape index (κ1) is 20.5. The van der Waals surface area contributed by atoms with Gasteiger partial charge in [0.2, 0.25) is 0 Å². The molecule has 0 atom stereocenters. The molecule has 3 aromatic rings. The molecule has 0 bridgehead atoms. The minimum atomic E-state index is -0.410. The molecule has 29 heavy (non-hydrogen) atoms. The Balaban J connectivity index is 1.96. The first-order valence-corrected chi connectivity index (χ1v) is 9.43. The van der Waals surface area contributed by atoms with E-state index >= 15 is 0 Å². The molecule has 0 aliphatic carbocycles. The van der Waals surface area contributed by atoms with E-state index in [2.05, 4.69) is 0 Å². The predicted octanol–water partition coefficient (Wildman–Crippen LogP) is 6.53. The zero-order valence-corrected chi connectivity index (χ0v) is 17.1. The minimum absolute atomic E-state index is 0.220. The van der Waals surface area contributed by atoms with Crippen LogP contribution in [0, 0.1) is 12.7 Å². The van der Waals surface area contributed by atoms with Crippen LogP contribution < -0.4 is 9.47 Å². The van der Waals surface area contributed by atoms with E-state index in [0.29, 0.717) is 17.9 Å². The number of phenols is 1. The molecule has 3 aromatic carbocycles. The highest BCUT2D eigenvalue weighted by molar-refractivity contribution is 5.79. The number of ether oxygens (including phenoxy) is 2. The van der Waals surface area contributed by atoms with Gasteiger partial charge in [-0.15, -0.1) is 0 Å². The van der Waals surface area contributed by atoms with Gasteiger partial charge in [0.15, 0.2) is 11.6 Å². The van der Waals surface area contributed by atoms with Crippen molar-refractivity contribution >= 4 is 0 Å². The first-order valence-electron chi connectivity index (χ1n) is 9.43. The number of halogens is 1. The van der Waals surface area contributed by atoms with Crippen molar-refractivity contribution in [2.75, 3.05) is 13.7 Å². The van der Waals surface area contributed by atoms with Gasteiger partial charge in [0.05, 0.1) is 7.11 Å². The predicted molar refractivity (Wildman–Crippen MR) is 115 cm³/mol. The van der Waals surface area contributed by atoms with Crippen molar-refractivity contribution in [1.29, 1.82) is 0 Å². The second-order valence-electron chi connectivity index (χ2n) is 7.15. The summed E-state index contributed by atoms with van der Waals surface area (Å²) in [4.78, 5) is 0.